The van der Waals surface area contributed by atoms with Gasteiger partial charge in [-0.15, -0.1) is 0 Å². The van der Waals surface area contributed by atoms with Crippen LogP contribution in [0.2, 0.25) is 0 Å². The number of hydrogen-bond donors (Lipinski definition) is 1. The van der Waals surface area contributed by atoms with Gasteiger partial charge in [0.25, 0.3) is 0 Å². The second-order valence-electron chi connectivity index (χ2n) is 11.6. The maximum absolute atomic E-state index is 11.3. The first-order valence-corrected chi connectivity index (χ1v) is 14.3. The fraction of sp³-hybridized carbons (Fsp3) is 0.103. The molecule has 0 aliphatic heterocycles. The Balaban J connectivity index is 1.39. The Labute approximate surface area is 246 Å². The third-order valence-corrected chi connectivity index (χ3v) is 8.78. The lowest BCUT2D eigenvalue weighted by molar-refractivity contribution is 0.0697. The highest BCUT2D eigenvalue weighted by Crippen LogP contribution is 2.51. The highest BCUT2D eigenvalue weighted by molar-refractivity contribution is 6.01. The van der Waals surface area contributed by atoms with Crippen LogP contribution < -0.4 is 4.90 Å². The van der Waals surface area contributed by atoms with Gasteiger partial charge in [-0.2, -0.15) is 0 Å². The molecule has 0 unspecified atom stereocenters. The van der Waals surface area contributed by atoms with Gasteiger partial charge in [0, 0.05) is 22.2 Å². The van der Waals surface area contributed by atoms with Crippen molar-refractivity contribution in [2.24, 2.45) is 0 Å². The summed E-state index contributed by atoms with van der Waals surface area (Å²) in [5, 5.41) is 11.7. The monoisotopic (exact) mass is 545 g/mol. The van der Waals surface area contributed by atoms with E-state index in [-0.39, 0.29) is 11.0 Å². The van der Waals surface area contributed by atoms with Gasteiger partial charge in [-0.05, 0) is 93.7 Å². The largest absolute Gasteiger partial charge is 0.478 e. The fourth-order valence-corrected chi connectivity index (χ4v) is 6.50. The van der Waals surface area contributed by atoms with Gasteiger partial charge in [-0.25, -0.2) is 4.79 Å². The summed E-state index contributed by atoms with van der Waals surface area (Å²) in [5.41, 5.74) is 12.1. The number of carboxylic acid groups (broad SMARTS) is 1. The number of fused-ring (bicyclic) bond motifs is 4. The highest BCUT2D eigenvalue weighted by Gasteiger charge is 2.35. The van der Waals surface area contributed by atoms with E-state index in [0.29, 0.717) is 0 Å². The molecule has 42 heavy (non-hydrogen) atoms. The molecule has 1 N–H and O–H groups in total. The van der Waals surface area contributed by atoms with Crippen LogP contribution in [0.3, 0.4) is 0 Å². The topological polar surface area (TPSA) is 40.5 Å². The predicted octanol–water partition coefficient (Wildman–Crippen LogP) is 10.3. The van der Waals surface area contributed by atoms with Gasteiger partial charge in [0.05, 0.1) is 11.3 Å². The van der Waals surface area contributed by atoms with Gasteiger partial charge in [0.15, 0.2) is 0 Å². The first kappa shape index (κ1) is 25.8. The average molecular weight is 546 g/mol. The Morgan fingerprint density at radius 2 is 1.21 bits per heavy atom. The Morgan fingerprint density at radius 1 is 0.619 bits per heavy atom. The van der Waals surface area contributed by atoms with E-state index >= 15 is 0 Å². The summed E-state index contributed by atoms with van der Waals surface area (Å²) in [7, 11) is 0. The Morgan fingerprint density at radius 3 is 1.93 bits per heavy atom. The molecule has 7 rings (SSSR count). The molecule has 0 amide bonds. The molecule has 0 bridgehead atoms. The van der Waals surface area contributed by atoms with E-state index in [1.54, 1.807) is 12.1 Å². The van der Waals surface area contributed by atoms with Crippen molar-refractivity contribution in [3.63, 3.8) is 0 Å². The van der Waals surface area contributed by atoms with Crippen LogP contribution >= 0.6 is 0 Å². The molecule has 0 atom stereocenters. The van der Waals surface area contributed by atoms with Gasteiger partial charge < -0.3 is 10.0 Å². The maximum Gasteiger partial charge on any atom is 0.335 e. The summed E-state index contributed by atoms with van der Waals surface area (Å²) in [4.78, 5) is 13.7. The minimum Gasteiger partial charge on any atom is -0.478 e. The second-order valence-corrected chi connectivity index (χ2v) is 11.6. The first-order chi connectivity index (χ1) is 20.3. The minimum atomic E-state index is -0.918. The summed E-state index contributed by atoms with van der Waals surface area (Å²) in [5.74, 6) is -0.918. The van der Waals surface area contributed by atoms with Crippen molar-refractivity contribution < 1.29 is 9.90 Å². The van der Waals surface area contributed by atoms with Gasteiger partial charge in [-0.1, -0.05) is 98.8 Å². The van der Waals surface area contributed by atoms with Crippen LogP contribution in [0.5, 0.6) is 0 Å². The standard InChI is InChI=1S/C39H31NO2/c1-25-12-23-37(34-10-5-4-8-31(25)34)40(29-19-17-27(18-20-29)26-13-15-28(16-14-26)38(41)42)30-21-22-33-32-9-6-7-11-35(32)39(2,3)36(33)24-30/h4-24H,1-3H3,(H,41,42). The van der Waals surface area contributed by atoms with Gasteiger partial charge in [-0.3, -0.25) is 0 Å². The Kier molecular flexibility index (Phi) is 5.98. The van der Waals surface area contributed by atoms with Crippen molar-refractivity contribution in [1.82, 2.24) is 0 Å². The van der Waals surface area contributed by atoms with Crippen LogP contribution in [0.1, 0.15) is 40.9 Å². The molecule has 0 spiro atoms. The molecule has 0 heterocycles. The van der Waals surface area contributed by atoms with Crippen LogP contribution in [0.15, 0.2) is 127 Å². The summed E-state index contributed by atoms with van der Waals surface area (Å²) < 4.78 is 0. The van der Waals surface area contributed by atoms with E-state index in [0.717, 1.165) is 28.2 Å². The normalized spacial score (nSPS) is 13.0. The molecule has 0 radical (unpaired) electrons. The number of anilines is 3. The number of nitrogens with zero attached hydrogens (tertiary/aromatic N) is 1. The van der Waals surface area contributed by atoms with E-state index in [4.69, 9.17) is 0 Å². The van der Waals surface area contributed by atoms with Crippen LogP contribution in [0, 0.1) is 6.92 Å². The number of aryl methyl sites for hydroxylation is 1. The molecular formula is C39H31NO2. The SMILES string of the molecule is Cc1ccc(N(c2ccc(-c3ccc(C(=O)O)cc3)cc2)c2ccc3c(c2)C(C)(C)c2ccccc2-3)c2ccccc12. The van der Waals surface area contributed by atoms with Gasteiger partial charge in [0.2, 0.25) is 0 Å². The lowest BCUT2D eigenvalue weighted by atomic mass is 9.82. The third kappa shape index (κ3) is 4.09. The fourth-order valence-electron chi connectivity index (χ4n) is 6.50. The zero-order valence-corrected chi connectivity index (χ0v) is 23.9. The van der Waals surface area contributed by atoms with Gasteiger partial charge >= 0.3 is 5.97 Å². The molecule has 0 fully saturated rings. The average Bonchev–Trinajstić information content (AvgIpc) is 3.25. The number of aromatic carboxylic acids is 1. The van der Waals surface area contributed by atoms with E-state index < -0.39 is 5.97 Å². The molecule has 1 aliphatic carbocycles. The summed E-state index contributed by atoms with van der Waals surface area (Å²) in [6, 6.07) is 44.2. The van der Waals surface area contributed by atoms with Crippen molar-refractivity contribution in [3.8, 4) is 22.3 Å². The number of hydrogen-bond acceptors (Lipinski definition) is 2. The van der Waals surface area contributed by atoms with E-state index in [2.05, 4.69) is 129 Å². The molecule has 1 aliphatic rings. The van der Waals surface area contributed by atoms with Crippen molar-refractivity contribution in [3.05, 3.63) is 150 Å². The van der Waals surface area contributed by atoms with Crippen LogP contribution in [0.4, 0.5) is 17.1 Å². The number of rotatable bonds is 5. The van der Waals surface area contributed by atoms with E-state index in [1.165, 1.54) is 38.6 Å². The molecule has 0 aromatic heterocycles. The summed E-state index contributed by atoms with van der Waals surface area (Å²) in [6.45, 7) is 6.80. The Bertz CT molecular complexity index is 1990. The van der Waals surface area contributed by atoms with Crippen LogP contribution in [0.25, 0.3) is 33.0 Å². The van der Waals surface area contributed by atoms with Crippen molar-refractivity contribution in [2.75, 3.05) is 4.90 Å². The molecule has 0 saturated carbocycles. The third-order valence-electron chi connectivity index (χ3n) is 8.78. The van der Waals surface area contributed by atoms with Crippen LogP contribution in [-0.2, 0) is 5.41 Å². The summed E-state index contributed by atoms with van der Waals surface area (Å²) in [6.07, 6.45) is 0. The molecule has 0 saturated heterocycles. The number of benzene rings is 6. The molecule has 3 nitrogen and oxygen atoms in total. The molecule has 6 aromatic rings. The zero-order chi connectivity index (χ0) is 29.0. The molecule has 6 aromatic carbocycles. The quantitative estimate of drug-likeness (QED) is 0.234. The van der Waals surface area contributed by atoms with Crippen molar-refractivity contribution in [2.45, 2.75) is 26.2 Å². The molecular weight excluding hydrogens is 514 g/mol. The minimum absolute atomic E-state index is 0.102. The molecule has 204 valence electrons. The molecule has 3 heteroatoms. The lowest BCUT2D eigenvalue weighted by Crippen LogP contribution is -2.16. The maximum atomic E-state index is 11.3. The highest BCUT2D eigenvalue weighted by atomic mass is 16.4. The van der Waals surface area contributed by atoms with Crippen molar-refractivity contribution >= 4 is 33.8 Å². The lowest BCUT2D eigenvalue weighted by Gasteiger charge is -2.29. The van der Waals surface area contributed by atoms with Crippen LogP contribution in [-0.4, -0.2) is 11.1 Å². The van der Waals surface area contributed by atoms with Gasteiger partial charge in [0.1, 0.15) is 0 Å². The summed E-state index contributed by atoms with van der Waals surface area (Å²) >= 11 is 0. The first-order valence-electron chi connectivity index (χ1n) is 14.3. The van der Waals surface area contributed by atoms with E-state index in [9.17, 15) is 9.90 Å². The second kappa shape index (κ2) is 9.74. The predicted molar refractivity (Wildman–Crippen MR) is 173 cm³/mol. The van der Waals surface area contributed by atoms with Crippen molar-refractivity contribution in [1.29, 1.82) is 0 Å². The van der Waals surface area contributed by atoms with E-state index in [1.807, 2.05) is 12.1 Å². The number of carbonyl (C=O) groups is 1. The zero-order valence-electron chi connectivity index (χ0n) is 23.9. The Hall–Kier alpha value is -5.15. The smallest absolute Gasteiger partial charge is 0.335 e. The number of carboxylic acids is 1.